The van der Waals surface area contributed by atoms with Crippen molar-refractivity contribution in [2.45, 2.75) is 26.9 Å². The summed E-state index contributed by atoms with van der Waals surface area (Å²) in [6, 6.07) is 7.45. The van der Waals surface area contributed by atoms with E-state index in [1.807, 2.05) is 13.0 Å². The van der Waals surface area contributed by atoms with Crippen molar-refractivity contribution in [1.82, 2.24) is 0 Å². The molecule has 0 aromatic heterocycles. The number of esters is 1. The lowest BCUT2D eigenvalue weighted by Gasteiger charge is -2.16. The number of rotatable bonds is 9. The molecule has 0 aliphatic heterocycles. The number of nitrogens with zero attached hydrogens (tertiary/aromatic N) is 1. The highest BCUT2D eigenvalue weighted by atomic mass is 16.6. The third-order valence-electron chi connectivity index (χ3n) is 4.26. The van der Waals surface area contributed by atoms with Crippen LogP contribution in [0, 0.1) is 17.0 Å². The number of nitro benzene ring substituents is 1. The molecular weight excluding hydrogens is 408 g/mol. The first-order valence-electron chi connectivity index (χ1n) is 9.37. The molecule has 0 aliphatic carbocycles. The fraction of sp³-hybridized carbons (Fsp3) is 0.333. The first kappa shape index (κ1) is 23.5. The summed E-state index contributed by atoms with van der Waals surface area (Å²) in [6.07, 6.45) is -1.24. The van der Waals surface area contributed by atoms with Crippen LogP contribution in [0.5, 0.6) is 17.2 Å². The molecule has 1 N–H and O–H groups in total. The number of nitrogens with one attached hydrogen (secondary N) is 1. The molecule has 1 amide bonds. The molecule has 1 atom stereocenters. The van der Waals surface area contributed by atoms with E-state index in [2.05, 4.69) is 5.32 Å². The average molecular weight is 432 g/mol. The number of aryl methyl sites for hydroxylation is 1. The first-order chi connectivity index (χ1) is 14.7. The number of hydrogen-bond donors (Lipinski definition) is 1. The van der Waals surface area contributed by atoms with Gasteiger partial charge in [-0.15, -0.1) is 0 Å². The van der Waals surface area contributed by atoms with E-state index in [0.717, 1.165) is 17.7 Å². The van der Waals surface area contributed by atoms with Gasteiger partial charge in [0, 0.05) is 6.07 Å². The normalized spacial score (nSPS) is 11.3. The van der Waals surface area contributed by atoms with E-state index in [1.54, 1.807) is 19.1 Å². The minimum atomic E-state index is -1.24. The Balaban J connectivity index is 2.25. The van der Waals surface area contributed by atoms with Gasteiger partial charge in [-0.1, -0.05) is 6.07 Å². The van der Waals surface area contributed by atoms with Crippen molar-refractivity contribution < 1.29 is 33.5 Å². The van der Waals surface area contributed by atoms with E-state index in [1.165, 1.54) is 21.1 Å². The van der Waals surface area contributed by atoms with E-state index in [-0.39, 0.29) is 23.7 Å². The Labute approximate surface area is 179 Å². The molecule has 0 saturated carbocycles. The lowest BCUT2D eigenvalue weighted by molar-refractivity contribution is -0.385. The van der Waals surface area contributed by atoms with Gasteiger partial charge in [0.1, 0.15) is 11.3 Å². The molecule has 2 aromatic rings. The molecule has 10 heteroatoms. The van der Waals surface area contributed by atoms with Gasteiger partial charge in [-0.25, -0.2) is 4.79 Å². The van der Waals surface area contributed by atoms with Crippen molar-refractivity contribution in [3.8, 4) is 17.2 Å². The molecule has 0 radical (unpaired) electrons. The molecule has 0 spiro atoms. The number of carbonyl (C=O) groups is 2. The molecule has 166 valence electrons. The molecule has 0 bridgehead atoms. The van der Waals surface area contributed by atoms with Crippen molar-refractivity contribution in [2.24, 2.45) is 0 Å². The molecule has 10 nitrogen and oxygen atoms in total. The summed E-state index contributed by atoms with van der Waals surface area (Å²) < 4.78 is 20.8. The summed E-state index contributed by atoms with van der Waals surface area (Å²) in [6.45, 7) is 5.15. The molecule has 0 saturated heterocycles. The lowest BCUT2D eigenvalue weighted by Crippen LogP contribution is -2.30. The minimum absolute atomic E-state index is 0.116. The highest BCUT2D eigenvalue weighted by Crippen LogP contribution is 2.35. The van der Waals surface area contributed by atoms with Crippen LogP contribution in [0.15, 0.2) is 30.3 Å². The van der Waals surface area contributed by atoms with Crippen molar-refractivity contribution in [3.63, 3.8) is 0 Å². The first-order valence-corrected chi connectivity index (χ1v) is 9.37. The zero-order chi connectivity index (χ0) is 23.1. The third-order valence-corrected chi connectivity index (χ3v) is 4.26. The highest BCUT2D eigenvalue weighted by molar-refractivity contribution is 6.00. The van der Waals surface area contributed by atoms with Gasteiger partial charge < -0.3 is 24.3 Å². The zero-order valence-corrected chi connectivity index (χ0v) is 17.9. The Morgan fingerprint density at radius 1 is 1.10 bits per heavy atom. The van der Waals surface area contributed by atoms with Crippen LogP contribution in [-0.4, -0.2) is 43.7 Å². The molecular formula is C21H24N2O8. The molecule has 0 heterocycles. The smallest absolute Gasteiger partial charge is 0.346 e. The van der Waals surface area contributed by atoms with E-state index in [9.17, 15) is 19.7 Å². The van der Waals surface area contributed by atoms with Crippen LogP contribution in [0.2, 0.25) is 0 Å². The lowest BCUT2D eigenvalue weighted by atomic mass is 10.1. The second-order valence-electron chi connectivity index (χ2n) is 6.45. The summed E-state index contributed by atoms with van der Waals surface area (Å²) in [7, 11) is 2.80. The van der Waals surface area contributed by atoms with E-state index in [0.29, 0.717) is 11.4 Å². The largest absolute Gasteiger partial charge is 0.495 e. The van der Waals surface area contributed by atoms with Crippen LogP contribution in [0.1, 0.15) is 29.8 Å². The summed E-state index contributed by atoms with van der Waals surface area (Å²) in [5.41, 5.74) is 0.405. The number of ether oxygens (including phenoxy) is 4. The van der Waals surface area contributed by atoms with Gasteiger partial charge in [-0.05, 0) is 38.5 Å². The zero-order valence-electron chi connectivity index (χ0n) is 17.9. The fourth-order valence-corrected chi connectivity index (χ4v) is 2.72. The van der Waals surface area contributed by atoms with Crippen molar-refractivity contribution in [1.29, 1.82) is 0 Å². The predicted molar refractivity (Wildman–Crippen MR) is 112 cm³/mol. The molecule has 0 fully saturated rings. The Kier molecular flexibility index (Phi) is 7.78. The number of benzene rings is 2. The van der Waals surface area contributed by atoms with Gasteiger partial charge in [0.15, 0.2) is 17.6 Å². The molecule has 1 unspecified atom stereocenters. The van der Waals surface area contributed by atoms with Crippen molar-refractivity contribution in [2.75, 3.05) is 26.1 Å². The van der Waals surface area contributed by atoms with Crippen LogP contribution in [0.3, 0.4) is 0 Å². The number of hydrogen-bond acceptors (Lipinski definition) is 8. The second-order valence-corrected chi connectivity index (χ2v) is 6.45. The summed E-state index contributed by atoms with van der Waals surface area (Å²) in [5, 5.41) is 14.1. The second kappa shape index (κ2) is 10.3. The average Bonchev–Trinajstić information content (AvgIpc) is 2.73. The van der Waals surface area contributed by atoms with Gasteiger partial charge in [-0.2, -0.15) is 0 Å². The van der Waals surface area contributed by atoms with Crippen molar-refractivity contribution >= 4 is 23.3 Å². The van der Waals surface area contributed by atoms with Crippen LogP contribution < -0.4 is 19.5 Å². The monoisotopic (exact) mass is 432 g/mol. The molecule has 0 aliphatic rings. The van der Waals surface area contributed by atoms with Crippen LogP contribution >= 0.6 is 0 Å². The number of amides is 1. The van der Waals surface area contributed by atoms with Gasteiger partial charge in [0.25, 0.3) is 11.6 Å². The standard InChI is InChI=1S/C21H24N2O8/c1-6-30-19-11-16(23(26)27)14(10-18(19)29-5)21(25)31-13(3)20(24)22-15-9-12(2)7-8-17(15)28-4/h7-11,13H,6H2,1-5H3,(H,22,24). The number of carbonyl (C=O) groups excluding carboxylic acids is 2. The predicted octanol–water partition coefficient (Wildman–Crippen LogP) is 3.50. The quantitative estimate of drug-likeness (QED) is 0.362. The van der Waals surface area contributed by atoms with E-state index in [4.69, 9.17) is 18.9 Å². The van der Waals surface area contributed by atoms with Gasteiger partial charge in [0.05, 0.1) is 37.5 Å². The third kappa shape index (κ3) is 5.62. The Hall–Kier alpha value is -3.82. The maximum Gasteiger partial charge on any atom is 0.346 e. The number of anilines is 1. The summed E-state index contributed by atoms with van der Waals surface area (Å²) in [5.74, 6) is -0.999. The van der Waals surface area contributed by atoms with Crippen molar-refractivity contribution in [3.05, 3.63) is 51.6 Å². The van der Waals surface area contributed by atoms with Crippen LogP contribution in [0.4, 0.5) is 11.4 Å². The van der Waals surface area contributed by atoms with Gasteiger partial charge in [0.2, 0.25) is 0 Å². The van der Waals surface area contributed by atoms with E-state index >= 15 is 0 Å². The van der Waals surface area contributed by atoms with Gasteiger partial charge >= 0.3 is 5.97 Å². The van der Waals surface area contributed by atoms with Gasteiger partial charge in [-0.3, -0.25) is 14.9 Å². The Morgan fingerprint density at radius 2 is 1.77 bits per heavy atom. The molecule has 2 aromatic carbocycles. The number of methoxy groups -OCH3 is 2. The molecule has 31 heavy (non-hydrogen) atoms. The maximum absolute atomic E-state index is 12.6. The van der Waals surface area contributed by atoms with E-state index < -0.39 is 28.6 Å². The Bertz CT molecular complexity index is 990. The fourth-order valence-electron chi connectivity index (χ4n) is 2.72. The topological polar surface area (TPSA) is 126 Å². The minimum Gasteiger partial charge on any atom is -0.495 e. The Morgan fingerprint density at radius 3 is 2.35 bits per heavy atom. The summed E-state index contributed by atoms with van der Waals surface area (Å²) >= 11 is 0. The summed E-state index contributed by atoms with van der Waals surface area (Å²) in [4.78, 5) is 35.9. The van der Waals surface area contributed by atoms with Crippen LogP contribution in [-0.2, 0) is 9.53 Å². The number of nitro groups is 1. The van der Waals surface area contributed by atoms with Crippen LogP contribution in [0.25, 0.3) is 0 Å². The SMILES string of the molecule is CCOc1cc([N+](=O)[O-])c(C(=O)OC(C)C(=O)Nc2cc(C)ccc2OC)cc1OC. The maximum atomic E-state index is 12.6. The highest BCUT2D eigenvalue weighted by Gasteiger charge is 2.28. The molecule has 2 rings (SSSR count).